The van der Waals surface area contributed by atoms with Crippen LogP contribution in [-0.2, 0) is 0 Å². The minimum Gasteiger partial charge on any atom is -0.366 e. The first-order valence-electron chi connectivity index (χ1n) is 9.52. The van der Waals surface area contributed by atoms with Crippen LogP contribution in [0.2, 0.25) is 0 Å². The van der Waals surface area contributed by atoms with Crippen molar-refractivity contribution >= 4 is 23.1 Å². The monoisotopic (exact) mass is 377 g/mol. The second-order valence-corrected chi connectivity index (χ2v) is 7.04. The minimum absolute atomic E-state index is 0.169. The molecule has 5 nitrogen and oxygen atoms in total. The van der Waals surface area contributed by atoms with Gasteiger partial charge in [0.15, 0.2) is 0 Å². The molecule has 0 bridgehead atoms. The fourth-order valence-electron chi connectivity index (χ4n) is 3.48. The lowest BCUT2D eigenvalue weighted by atomic mass is 10.1. The van der Waals surface area contributed by atoms with Crippen LogP contribution in [0.15, 0.2) is 54.7 Å². The van der Waals surface area contributed by atoms with E-state index >= 15 is 0 Å². The number of halogens is 1. The SMILES string of the molecule is Cc1cccc(Nc2nccc(N3CCN(c4ccccc4F)CC3)n2)c1C. The van der Waals surface area contributed by atoms with E-state index in [2.05, 4.69) is 45.0 Å². The Morgan fingerprint density at radius 3 is 2.43 bits per heavy atom. The van der Waals surface area contributed by atoms with Crippen molar-refractivity contribution in [2.75, 3.05) is 41.3 Å². The number of nitrogens with one attached hydrogen (secondary N) is 1. The molecule has 0 radical (unpaired) electrons. The van der Waals surface area contributed by atoms with E-state index in [1.807, 2.05) is 30.3 Å². The van der Waals surface area contributed by atoms with Crippen LogP contribution in [0.4, 0.5) is 27.5 Å². The van der Waals surface area contributed by atoms with Gasteiger partial charge in [0, 0.05) is 38.1 Å². The van der Waals surface area contributed by atoms with Crippen molar-refractivity contribution in [3.05, 3.63) is 71.7 Å². The number of aryl methyl sites for hydroxylation is 1. The molecule has 1 fully saturated rings. The van der Waals surface area contributed by atoms with E-state index in [1.54, 1.807) is 12.3 Å². The average molecular weight is 377 g/mol. The Morgan fingerprint density at radius 2 is 1.64 bits per heavy atom. The summed E-state index contributed by atoms with van der Waals surface area (Å²) >= 11 is 0. The number of hydrogen-bond donors (Lipinski definition) is 1. The van der Waals surface area contributed by atoms with Gasteiger partial charge in [-0.1, -0.05) is 24.3 Å². The fourth-order valence-corrected chi connectivity index (χ4v) is 3.48. The topological polar surface area (TPSA) is 44.3 Å². The molecule has 1 saturated heterocycles. The zero-order valence-corrected chi connectivity index (χ0v) is 16.2. The summed E-state index contributed by atoms with van der Waals surface area (Å²) < 4.78 is 14.0. The number of anilines is 4. The van der Waals surface area contributed by atoms with E-state index in [1.165, 1.54) is 17.2 Å². The van der Waals surface area contributed by atoms with Crippen molar-refractivity contribution < 1.29 is 4.39 Å². The Kier molecular flexibility index (Phi) is 5.10. The van der Waals surface area contributed by atoms with Crippen molar-refractivity contribution in [1.82, 2.24) is 9.97 Å². The lowest BCUT2D eigenvalue weighted by molar-refractivity contribution is 0.596. The third kappa shape index (κ3) is 3.76. The summed E-state index contributed by atoms with van der Waals surface area (Å²) in [5, 5.41) is 3.33. The van der Waals surface area contributed by atoms with Crippen molar-refractivity contribution in [2.24, 2.45) is 0 Å². The third-order valence-electron chi connectivity index (χ3n) is 5.29. The summed E-state index contributed by atoms with van der Waals surface area (Å²) in [4.78, 5) is 13.4. The molecule has 3 aromatic rings. The highest BCUT2D eigenvalue weighted by Gasteiger charge is 2.20. The van der Waals surface area contributed by atoms with Crippen molar-refractivity contribution in [3.63, 3.8) is 0 Å². The van der Waals surface area contributed by atoms with Gasteiger partial charge in [-0.05, 0) is 49.2 Å². The Balaban J connectivity index is 1.45. The molecule has 0 spiro atoms. The normalized spacial score (nSPS) is 14.2. The van der Waals surface area contributed by atoms with Crippen LogP contribution in [-0.4, -0.2) is 36.1 Å². The van der Waals surface area contributed by atoms with Crippen molar-refractivity contribution in [1.29, 1.82) is 0 Å². The highest BCUT2D eigenvalue weighted by atomic mass is 19.1. The summed E-state index contributed by atoms with van der Waals surface area (Å²) in [5.74, 6) is 1.30. The number of aromatic nitrogens is 2. The molecule has 0 amide bonds. The first-order valence-corrected chi connectivity index (χ1v) is 9.52. The predicted molar refractivity (Wildman–Crippen MR) is 112 cm³/mol. The highest BCUT2D eigenvalue weighted by Crippen LogP contribution is 2.24. The minimum atomic E-state index is -0.169. The van der Waals surface area contributed by atoms with Crippen LogP contribution in [0.1, 0.15) is 11.1 Å². The van der Waals surface area contributed by atoms with E-state index < -0.39 is 0 Å². The molecule has 0 atom stereocenters. The van der Waals surface area contributed by atoms with Crippen molar-refractivity contribution in [3.8, 4) is 0 Å². The molecular weight excluding hydrogens is 353 g/mol. The molecule has 0 saturated carbocycles. The Bertz CT molecular complexity index is 967. The van der Waals surface area contributed by atoms with Gasteiger partial charge < -0.3 is 15.1 Å². The van der Waals surface area contributed by atoms with Crippen LogP contribution >= 0.6 is 0 Å². The van der Waals surface area contributed by atoms with Gasteiger partial charge in [0.1, 0.15) is 11.6 Å². The number of hydrogen-bond acceptors (Lipinski definition) is 5. The summed E-state index contributed by atoms with van der Waals surface area (Å²) in [6.45, 7) is 7.26. The van der Waals surface area contributed by atoms with Gasteiger partial charge in [0.05, 0.1) is 5.69 Å². The maximum Gasteiger partial charge on any atom is 0.229 e. The smallest absolute Gasteiger partial charge is 0.229 e. The Morgan fingerprint density at radius 1 is 0.893 bits per heavy atom. The van der Waals surface area contributed by atoms with Crippen molar-refractivity contribution in [2.45, 2.75) is 13.8 Å². The van der Waals surface area contributed by atoms with Crippen LogP contribution in [0.5, 0.6) is 0 Å². The van der Waals surface area contributed by atoms with E-state index in [0.717, 1.165) is 37.7 Å². The lowest BCUT2D eigenvalue weighted by Crippen LogP contribution is -2.47. The van der Waals surface area contributed by atoms with Gasteiger partial charge in [0.2, 0.25) is 5.95 Å². The third-order valence-corrected chi connectivity index (χ3v) is 5.29. The number of nitrogens with zero attached hydrogens (tertiary/aromatic N) is 4. The molecule has 1 aromatic heterocycles. The number of piperazine rings is 1. The largest absolute Gasteiger partial charge is 0.366 e. The number of benzene rings is 2. The van der Waals surface area contributed by atoms with Gasteiger partial charge in [0.25, 0.3) is 0 Å². The molecule has 4 rings (SSSR count). The summed E-state index contributed by atoms with van der Waals surface area (Å²) in [5.41, 5.74) is 4.10. The standard InChI is InChI=1S/C22H24FN5/c1-16-6-5-8-19(17(16)2)25-22-24-11-10-21(26-22)28-14-12-27(13-15-28)20-9-4-3-7-18(20)23/h3-11H,12-15H2,1-2H3,(H,24,25,26). The molecule has 0 aliphatic carbocycles. The van der Waals surface area contributed by atoms with Gasteiger partial charge >= 0.3 is 0 Å². The number of rotatable bonds is 4. The Hall–Kier alpha value is -3.15. The predicted octanol–water partition coefficient (Wildman–Crippen LogP) is 4.30. The zero-order chi connectivity index (χ0) is 19.5. The lowest BCUT2D eigenvalue weighted by Gasteiger charge is -2.36. The van der Waals surface area contributed by atoms with Gasteiger partial charge in [-0.25, -0.2) is 9.37 Å². The van der Waals surface area contributed by atoms with E-state index in [0.29, 0.717) is 11.6 Å². The Labute approximate surface area is 164 Å². The van der Waals surface area contributed by atoms with Gasteiger partial charge in [-0.15, -0.1) is 0 Å². The summed E-state index contributed by atoms with van der Waals surface area (Å²) in [6.07, 6.45) is 1.78. The molecule has 2 aromatic carbocycles. The zero-order valence-electron chi connectivity index (χ0n) is 16.2. The van der Waals surface area contributed by atoms with Crippen LogP contribution in [0.25, 0.3) is 0 Å². The fraction of sp³-hybridized carbons (Fsp3) is 0.273. The van der Waals surface area contributed by atoms with Crippen LogP contribution in [0.3, 0.4) is 0 Å². The molecule has 6 heteroatoms. The molecular formula is C22H24FN5. The second kappa shape index (κ2) is 7.84. The molecule has 28 heavy (non-hydrogen) atoms. The van der Waals surface area contributed by atoms with Crippen LogP contribution < -0.4 is 15.1 Å². The van der Waals surface area contributed by atoms with E-state index in [9.17, 15) is 4.39 Å². The van der Waals surface area contributed by atoms with Crippen LogP contribution in [0, 0.1) is 19.7 Å². The first-order chi connectivity index (χ1) is 13.6. The van der Waals surface area contributed by atoms with Gasteiger partial charge in [-0.2, -0.15) is 4.98 Å². The van der Waals surface area contributed by atoms with E-state index in [4.69, 9.17) is 0 Å². The molecule has 1 aliphatic rings. The molecule has 144 valence electrons. The summed E-state index contributed by atoms with van der Waals surface area (Å²) in [7, 11) is 0. The van der Waals surface area contributed by atoms with Gasteiger partial charge in [-0.3, -0.25) is 0 Å². The maximum absolute atomic E-state index is 14.0. The molecule has 0 unspecified atom stereocenters. The second-order valence-electron chi connectivity index (χ2n) is 7.04. The summed E-state index contributed by atoms with van der Waals surface area (Å²) in [6, 6.07) is 15.0. The maximum atomic E-state index is 14.0. The highest BCUT2D eigenvalue weighted by molar-refractivity contribution is 5.61. The number of para-hydroxylation sites is 1. The quantitative estimate of drug-likeness (QED) is 0.734. The first kappa shape index (κ1) is 18.2. The molecule has 1 N–H and O–H groups in total. The molecule has 2 heterocycles. The average Bonchev–Trinajstić information content (AvgIpc) is 2.72. The van der Waals surface area contributed by atoms with E-state index in [-0.39, 0.29) is 5.82 Å². The molecule has 1 aliphatic heterocycles.